The van der Waals surface area contributed by atoms with Crippen molar-refractivity contribution in [3.05, 3.63) is 43.9 Å². The maximum atomic E-state index is 12.0. The topological polar surface area (TPSA) is 100 Å². The Hall–Kier alpha value is -2.13. The third-order valence-electron chi connectivity index (χ3n) is 3.12. The summed E-state index contributed by atoms with van der Waals surface area (Å²) in [5.41, 5.74) is 4.92. The summed E-state index contributed by atoms with van der Waals surface area (Å²) in [4.78, 5) is 36.4. The molecule has 0 aliphatic rings. The molecule has 7 nitrogen and oxygen atoms in total. The molecule has 2 aromatic heterocycles. The van der Waals surface area contributed by atoms with E-state index in [0.29, 0.717) is 22.0 Å². The van der Waals surface area contributed by atoms with Gasteiger partial charge in [0.15, 0.2) is 0 Å². The Morgan fingerprint density at radius 1 is 1.17 bits per heavy atom. The summed E-state index contributed by atoms with van der Waals surface area (Å²) >= 11 is 4.53. The fraction of sp³-hybridized carbons (Fsp3) is 0.267. The van der Waals surface area contributed by atoms with Gasteiger partial charge in [-0.05, 0) is 54.9 Å². The molecule has 128 valence electrons. The Bertz CT molecular complexity index is 784. The summed E-state index contributed by atoms with van der Waals surface area (Å²) < 4.78 is 6.08. The summed E-state index contributed by atoms with van der Waals surface area (Å²) in [6, 6.07) is 4.17. The van der Waals surface area contributed by atoms with Crippen molar-refractivity contribution in [2.24, 2.45) is 0 Å². The lowest BCUT2D eigenvalue weighted by molar-refractivity contribution is -0.123. The molecule has 24 heavy (non-hydrogen) atoms. The Morgan fingerprint density at radius 2 is 1.88 bits per heavy atom. The lowest BCUT2D eigenvalue weighted by atomic mass is 10.2. The quantitative estimate of drug-likeness (QED) is 0.669. The first kappa shape index (κ1) is 18.2. The summed E-state index contributed by atoms with van der Waals surface area (Å²) in [6.45, 7) is 4.91. The van der Waals surface area contributed by atoms with Gasteiger partial charge in [0.25, 0.3) is 17.7 Å². The highest BCUT2D eigenvalue weighted by Gasteiger charge is 2.19. The van der Waals surface area contributed by atoms with Gasteiger partial charge in [-0.3, -0.25) is 25.2 Å². The molecular formula is C15H16BrN3O4S. The summed E-state index contributed by atoms with van der Waals surface area (Å²) in [5.74, 6) is -0.319. The van der Waals surface area contributed by atoms with Crippen molar-refractivity contribution in [2.75, 3.05) is 0 Å². The Kier molecular flexibility index (Phi) is 5.79. The van der Waals surface area contributed by atoms with Crippen LogP contribution in [0.1, 0.15) is 38.5 Å². The molecule has 3 amide bonds. The van der Waals surface area contributed by atoms with E-state index in [9.17, 15) is 14.4 Å². The van der Waals surface area contributed by atoms with Gasteiger partial charge in [0.1, 0.15) is 17.6 Å². The van der Waals surface area contributed by atoms with E-state index in [1.807, 2.05) is 0 Å². The number of thiophene rings is 1. The van der Waals surface area contributed by atoms with Crippen LogP contribution in [0.2, 0.25) is 0 Å². The van der Waals surface area contributed by atoms with E-state index in [1.54, 1.807) is 32.0 Å². The molecule has 3 N–H and O–H groups in total. The van der Waals surface area contributed by atoms with Crippen LogP contribution in [0.4, 0.5) is 0 Å². The SMILES string of the molecule is Cc1cc(C(=O)NNC(=O)C(C)NC(=O)c2ccc(Br)s2)c(C)o1. The molecule has 2 aromatic rings. The zero-order valence-corrected chi connectivity index (χ0v) is 15.6. The van der Waals surface area contributed by atoms with Crippen LogP contribution in [-0.4, -0.2) is 23.8 Å². The molecule has 1 atom stereocenters. The fourth-order valence-electron chi connectivity index (χ4n) is 1.92. The lowest BCUT2D eigenvalue weighted by Crippen LogP contribution is -2.51. The van der Waals surface area contributed by atoms with E-state index in [4.69, 9.17) is 4.42 Å². The molecule has 9 heteroatoms. The van der Waals surface area contributed by atoms with Crippen molar-refractivity contribution in [1.82, 2.24) is 16.2 Å². The van der Waals surface area contributed by atoms with Crippen molar-refractivity contribution in [3.8, 4) is 0 Å². The number of carbonyl (C=O) groups is 3. The van der Waals surface area contributed by atoms with Gasteiger partial charge in [-0.25, -0.2) is 0 Å². The first-order chi connectivity index (χ1) is 11.3. The number of furan rings is 1. The van der Waals surface area contributed by atoms with Gasteiger partial charge >= 0.3 is 0 Å². The van der Waals surface area contributed by atoms with Crippen LogP contribution in [0.3, 0.4) is 0 Å². The van der Waals surface area contributed by atoms with E-state index < -0.39 is 17.9 Å². The fourth-order valence-corrected chi connectivity index (χ4v) is 3.21. The lowest BCUT2D eigenvalue weighted by Gasteiger charge is -2.14. The number of halogens is 1. The molecule has 0 bridgehead atoms. The third-order valence-corrected chi connectivity index (χ3v) is 4.75. The van der Waals surface area contributed by atoms with Crippen LogP contribution in [0.25, 0.3) is 0 Å². The van der Waals surface area contributed by atoms with Crippen molar-refractivity contribution in [3.63, 3.8) is 0 Å². The van der Waals surface area contributed by atoms with Crippen LogP contribution in [-0.2, 0) is 4.79 Å². The molecule has 0 aromatic carbocycles. The van der Waals surface area contributed by atoms with Crippen LogP contribution in [0.15, 0.2) is 26.4 Å². The molecule has 0 aliphatic heterocycles. The zero-order chi connectivity index (χ0) is 17.9. The van der Waals surface area contributed by atoms with Crippen molar-refractivity contribution >= 4 is 45.0 Å². The maximum Gasteiger partial charge on any atom is 0.273 e. The van der Waals surface area contributed by atoms with Crippen molar-refractivity contribution in [1.29, 1.82) is 0 Å². The molecule has 0 fully saturated rings. The van der Waals surface area contributed by atoms with Crippen LogP contribution < -0.4 is 16.2 Å². The number of hydrogen-bond acceptors (Lipinski definition) is 5. The number of amides is 3. The number of hydrazine groups is 1. The molecular weight excluding hydrogens is 398 g/mol. The highest BCUT2D eigenvalue weighted by atomic mass is 79.9. The van der Waals surface area contributed by atoms with Gasteiger partial charge in [-0.15, -0.1) is 11.3 Å². The summed E-state index contributed by atoms with van der Waals surface area (Å²) in [6.07, 6.45) is 0. The standard InChI is InChI=1S/C15H16BrN3O4S/c1-7-6-10(9(3)23-7)14(21)19-18-13(20)8(2)17-15(22)11-4-5-12(16)24-11/h4-6,8H,1-3H3,(H,17,22)(H,18,20)(H,19,21). The van der Waals surface area contributed by atoms with E-state index in [0.717, 1.165) is 3.79 Å². The zero-order valence-electron chi connectivity index (χ0n) is 13.2. The first-order valence-electron chi connectivity index (χ1n) is 7.01. The molecule has 0 saturated carbocycles. The molecule has 1 unspecified atom stereocenters. The average Bonchev–Trinajstić information content (AvgIpc) is 3.09. The highest BCUT2D eigenvalue weighted by molar-refractivity contribution is 9.11. The number of hydrogen-bond donors (Lipinski definition) is 3. The largest absolute Gasteiger partial charge is 0.466 e. The number of aryl methyl sites for hydroxylation is 2. The van der Waals surface area contributed by atoms with Crippen LogP contribution >= 0.6 is 27.3 Å². The second kappa shape index (κ2) is 7.63. The van der Waals surface area contributed by atoms with Gasteiger partial charge in [0, 0.05) is 0 Å². The van der Waals surface area contributed by atoms with Gasteiger partial charge in [-0.1, -0.05) is 0 Å². The molecule has 0 radical (unpaired) electrons. The molecule has 0 saturated heterocycles. The van der Waals surface area contributed by atoms with Crippen molar-refractivity contribution < 1.29 is 18.8 Å². The van der Waals surface area contributed by atoms with E-state index >= 15 is 0 Å². The normalized spacial score (nSPS) is 11.7. The Balaban J connectivity index is 1.86. The van der Waals surface area contributed by atoms with E-state index in [-0.39, 0.29) is 5.91 Å². The van der Waals surface area contributed by atoms with Gasteiger partial charge in [-0.2, -0.15) is 0 Å². The van der Waals surface area contributed by atoms with Gasteiger partial charge < -0.3 is 9.73 Å². The molecule has 0 aliphatic carbocycles. The molecule has 0 spiro atoms. The molecule has 2 heterocycles. The van der Waals surface area contributed by atoms with Gasteiger partial charge in [0.05, 0.1) is 14.2 Å². The monoisotopic (exact) mass is 413 g/mol. The van der Waals surface area contributed by atoms with Crippen LogP contribution in [0, 0.1) is 13.8 Å². The third kappa shape index (κ3) is 4.45. The molecule has 2 rings (SSSR count). The second-order valence-electron chi connectivity index (χ2n) is 5.07. The Morgan fingerprint density at radius 3 is 2.42 bits per heavy atom. The average molecular weight is 414 g/mol. The van der Waals surface area contributed by atoms with Crippen molar-refractivity contribution in [2.45, 2.75) is 26.8 Å². The minimum absolute atomic E-state index is 0.341. The van der Waals surface area contributed by atoms with E-state index in [1.165, 1.54) is 18.3 Å². The predicted octanol–water partition coefficient (Wildman–Crippen LogP) is 2.30. The number of rotatable bonds is 4. The first-order valence-corrected chi connectivity index (χ1v) is 8.62. The van der Waals surface area contributed by atoms with Gasteiger partial charge in [0.2, 0.25) is 0 Å². The smallest absolute Gasteiger partial charge is 0.273 e. The Labute approximate surface area is 150 Å². The summed E-state index contributed by atoms with van der Waals surface area (Å²) in [7, 11) is 0. The number of carbonyl (C=O) groups excluding carboxylic acids is 3. The summed E-state index contributed by atoms with van der Waals surface area (Å²) in [5, 5.41) is 2.56. The minimum Gasteiger partial charge on any atom is -0.466 e. The van der Waals surface area contributed by atoms with E-state index in [2.05, 4.69) is 32.1 Å². The predicted molar refractivity (Wildman–Crippen MR) is 92.7 cm³/mol. The second-order valence-corrected chi connectivity index (χ2v) is 7.53. The maximum absolute atomic E-state index is 12.0. The van der Waals surface area contributed by atoms with Crippen LogP contribution in [0.5, 0.6) is 0 Å². The number of nitrogens with one attached hydrogen (secondary N) is 3. The minimum atomic E-state index is -0.814. The highest BCUT2D eigenvalue weighted by Crippen LogP contribution is 2.21.